The van der Waals surface area contributed by atoms with Crippen LogP contribution < -0.4 is 0 Å². The van der Waals surface area contributed by atoms with E-state index in [9.17, 15) is 13.9 Å². The fourth-order valence-electron chi connectivity index (χ4n) is 4.21. The van der Waals surface area contributed by atoms with Crippen molar-refractivity contribution < 1.29 is 25.5 Å². The number of hydrogen-bond acceptors (Lipinski definition) is 2. The average Bonchev–Trinajstić information content (AvgIpc) is 2.74. The summed E-state index contributed by atoms with van der Waals surface area (Å²) in [7, 11) is 0. The van der Waals surface area contributed by atoms with E-state index in [4.69, 9.17) is 11.6 Å². The van der Waals surface area contributed by atoms with Crippen LogP contribution in [0.15, 0.2) is 73.1 Å². The van der Waals surface area contributed by atoms with Crippen molar-refractivity contribution in [2.75, 3.05) is 0 Å². The molecule has 0 fully saturated rings. The molecule has 0 bridgehead atoms. The lowest BCUT2D eigenvalue weighted by atomic mass is 9.69. The molecule has 0 amide bonds. The molecule has 0 saturated heterocycles. The molecule has 2 nitrogen and oxygen atoms in total. The third-order valence-electron chi connectivity index (χ3n) is 5.55. The third-order valence-corrected chi connectivity index (χ3v) is 5.82. The molecule has 3 unspecified atom stereocenters. The van der Waals surface area contributed by atoms with Gasteiger partial charge in [-0.2, -0.15) is 0 Å². The van der Waals surface area contributed by atoms with Gasteiger partial charge in [0.25, 0.3) is 0 Å². The van der Waals surface area contributed by atoms with Gasteiger partial charge in [0.2, 0.25) is 5.02 Å². The van der Waals surface area contributed by atoms with Crippen molar-refractivity contribution in [1.29, 1.82) is 0 Å². The van der Waals surface area contributed by atoms with Gasteiger partial charge >= 0.3 is 0 Å². The third kappa shape index (κ3) is 4.09. The Hall–Kier alpha value is -2.56. The van der Waals surface area contributed by atoms with Crippen molar-refractivity contribution in [2.45, 2.75) is 24.9 Å². The zero-order valence-corrected chi connectivity index (χ0v) is 16.4. The molecule has 148 valence electrons. The molecular weight excluding hydrogens is 392 g/mol. The zero-order valence-electron chi connectivity index (χ0n) is 15.6. The minimum absolute atomic E-state index is 0.297. The number of aliphatic hydroxyl groups excluding tert-OH is 1. The lowest BCUT2D eigenvalue weighted by Crippen LogP contribution is -2.26. The molecule has 1 N–H and O–H groups in total. The summed E-state index contributed by atoms with van der Waals surface area (Å²) in [4.78, 5) is 4.12. The fourth-order valence-corrected chi connectivity index (χ4v) is 4.34. The molecule has 0 saturated carbocycles. The highest BCUT2D eigenvalue weighted by Gasteiger charge is 2.37. The quantitative estimate of drug-likeness (QED) is 0.625. The second-order valence-electron chi connectivity index (χ2n) is 7.29. The molecule has 0 aliphatic heterocycles. The molecular formula is C24H21ClF2NO+. The van der Waals surface area contributed by atoms with Gasteiger partial charge in [-0.1, -0.05) is 18.2 Å². The SMILES string of the molecule is OC(c1cccnc1)C1C(c2ccc([ClH+])cc2)=CCCC1c1ccc(F)cc1F. The number of rotatable bonds is 4. The molecule has 1 heterocycles. The topological polar surface area (TPSA) is 33.1 Å². The number of benzene rings is 2. The second kappa shape index (κ2) is 8.44. The summed E-state index contributed by atoms with van der Waals surface area (Å²) < 4.78 is 28.2. The van der Waals surface area contributed by atoms with Crippen molar-refractivity contribution in [3.8, 4) is 0 Å². The van der Waals surface area contributed by atoms with Gasteiger partial charge in [-0.15, -0.1) is 0 Å². The van der Waals surface area contributed by atoms with E-state index in [2.05, 4.69) is 11.1 Å². The molecule has 1 aliphatic carbocycles. The number of halogens is 3. The summed E-state index contributed by atoms with van der Waals surface area (Å²) in [6, 6.07) is 14.8. The van der Waals surface area contributed by atoms with Crippen LogP contribution in [-0.4, -0.2) is 10.1 Å². The summed E-state index contributed by atoms with van der Waals surface area (Å²) in [5.74, 6) is -1.89. The number of allylic oxidation sites excluding steroid dienone is 1. The Morgan fingerprint density at radius 3 is 2.55 bits per heavy atom. The maximum absolute atomic E-state index is 14.7. The zero-order chi connectivity index (χ0) is 20.4. The first-order valence-corrected chi connectivity index (χ1v) is 9.96. The minimum atomic E-state index is -0.882. The smallest absolute Gasteiger partial charge is 0.225 e. The van der Waals surface area contributed by atoms with Crippen LogP contribution >= 0.6 is 0 Å². The van der Waals surface area contributed by atoms with E-state index in [1.807, 2.05) is 30.3 Å². The van der Waals surface area contributed by atoms with Crippen LogP contribution in [0.2, 0.25) is 5.02 Å². The summed E-state index contributed by atoms with van der Waals surface area (Å²) >= 11 is 5.20. The van der Waals surface area contributed by atoms with Crippen molar-refractivity contribution in [3.63, 3.8) is 0 Å². The van der Waals surface area contributed by atoms with Gasteiger partial charge in [-0.3, -0.25) is 4.98 Å². The van der Waals surface area contributed by atoms with Crippen LogP contribution in [-0.2, 0) is 0 Å². The van der Waals surface area contributed by atoms with Crippen LogP contribution in [0.5, 0.6) is 0 Å². The van der Waals surface area contributed by atoms with Crippen molar-refractivity contribution in [3.05, 3.63) is 106 Å². The van der Waals surface area contributed by atoms with Gasteiger partial charge in [0.1, 0.15) is 11.6 Å². The highest BCUT2D eigenvalue weighted by Crippen LogP contribution is 2.49. The maximum Gasteiger partial charge on any atom is 0.225 e. The predicted molar refractivity (Wildman–Crippen MR) is 106 cm³/mol. The normalized spacial score (nSPS) is 20.2. The Bertz CT molecular complexity index is 1020. The van der Waals surface area contributed by atoms with Crippen molar-refractivity contribution in [2.24, 2.45) is 5.92 Å². The number of aliphatic hydroxyl groups is 1. The van der Waals surface area contributed by atoms with Gasteiger partial charge < -0.3 is 5.11 Å². The Morgan fingerprint density at radius 1 is 1.07 bits per heavy atom. The summed E-state index contributed by atoms with van der Waals surface area (Å²) in [6.45, 7) is 0. The van der Waals surface area contributed by atoms with Crippen molar-refractivity contribution in [1.82, 2.24) is 4.98 Å². The van der Waals surface area contributed by atoms with Gasteiger partial charge in [0.15, 0.2) is 11.6 Å². The molecule has 4 rings (SSSR count). The maximum atomic E-state index is 14.7. The van der Waals surface area contributed by atoms with Gasteiger partial charge in [-0.25, -0.2) is 8.78 Å². The molecule has 3 aromatic rings. The van der Waals surface area contributed by atoms with Gasteiger partial charge in [0, 0.05) is 36.5 Å². The molecule has 1 aromatic heterocycles. The van der Waals surface area contributed by atoms with Gasteiger partial charge in [-0.05, 0) is 65.3 Å². The van der Waals surface area contributed by atoms with E-state index in [1.165, 1.54) is 12.1 Å². The first-order valence-electron chi connectivity index (χ1n) is 9.55. The monoisotopic (exact) mass is 412 g/mol. The number of nitrogens with zero attached hydrogens (tertiary/aromatic N) is 1. The van der Waals surface area contributed by atoms with Crippen LogP contribution in [0.4, 0.5) is 8.78 Å². The van der Waals surface area contributed by atoms with E-state index in [0.717, 1.165) is 28.6 Å². The molecule has 0 radical (unpaired) electrons. The minimum Gasteiger partial charge on any atom is -0.388 e. The standard InChI is InChI=1S/C24H21ClF2NO/c25-17-8-6-15(7-9-17)19-4-1-5-21(20-11-10-18(26)13-22(20)27)23(19)24(29)16-3-2-12-28-14-16/h2-4,6-14,21,23-25,29H,1,5H2/q+1. The lowest BCUT2D eigenvalue weighted by Gasteiger charge is -2.37. The predicted octanol–water partition coefficient (Wildman–Crippen LogP) is 5.37. The molecule has 0 spiro atoms. The Balaban J connectivity index is 1.82. The average molecular weight is 413 g/mol. The Labute approximate surface area is 173 Å². The molecule has 29 heavy (non-hydrogen) atoms. The van der Waals surface area contributed by atoms with E-state index in [-0.39, 0.29) is 5.92 Å². The van der Waals surface area contributed by atoms with Crippen LogP contribution in [0.25, 0.3) is 5.57 Å². The van der Waals surface area contributed by atoms with E-state index in [1.54, 1.807) is 18.5 Å². The highest BCUT2D eigenvalue weighted by atomic mass is 35.5. The van der Waals surface area contributed by atoms with E-state index in [0.29, 0.717) is 17.5 Å². The Kier molecular flexibility index (Phi) is 5.74. The number of aromatic nitrogens is 1. The molecule has 5 heteroatoms. The Morgan fingerprint density at radius 2 is 1.86 bits per heavy atom. The van der Waals surface area contributed by atoms with E-state index >= 15 is 0 Å². The first-order chi connectivity index (χ1) is 14.0. The molecule has 3 atom stereocenters. The van der Waals surface area contributed by atoms with Gasteiger partial charge in [0.05, 0.1) is 6.10 Å². The number of pyridine rings is 1. The van der Waals surface area contributed by atoms with Crippen molar-refractivity contribution >= 4 is 5.57 Å². The van der Waals surface area contributed by atoms with Crippen LogP contribution in [0.3, 0.4) is 0 Å². The molecule has 2 aromatic carbocycles. The summed E-state index contributed by atoms with van der Waals surface area (Å²) in [5.41, 5.74) is 2.97. The largest absolute Gasteiger partial charge is 0.388 e. The summed E-state index contributed by atoms with van der Waals surface area (Å²) in [6.07, 6.45) is 5.89. The molecule has 1 aliphatic rings. The number of hydrogen-bond donors (Lipinski definition) is 1. The second-order valence-corrected chi connectivity index (χ2v) is 7.76. The van der Waals surface area contributed by atoms with E-state index < -0.39 is 23.7 Å². The lowest BCUT2D eigenvalue weighted by molar-refractivity contribution is -0.288. The van der Waals surface area contributed by atoms with Crippen LogP contribution in [0.1, 0.15) is 41.6 Å². The first kappa shape index (κ1) is 19.7. The van der Waals surface area contributed by atoms with Crippen LogP contribution in [0, 0.1) is 29.2 Å². The summed E-state index contributed by atoms with van der Waals surface area (Å²) in [5, 5.41) is 12.0. The fraction of sp³-hybridized carbons (Fsp3) is 0.208. The highest BCUT2D eigenvalue weighted by molar-refractivity contribution is 5.70.